The summed E-state index contributed by atoms with van der Waals surface area (Å²) in [7, 11) is 4.42. The molecule has 0 spiro atoms. The summed E-state index contributed by atoms with van der Waals surface area (Å²) in [6, 6.07) is 8.82. The average molecular weight is 332 g/mol. The van der Waals surface area contributed by atoms with Gasteiger partial charge in [0.15, 0.2) is 11.5 Å². The normalized spacial score (nSPS) is 11.1. The van der Waals surface area contributed by atoms with Crippen LogP contribution in [0.5, 0.6) is 17.2 Å². The first-order valence-electron chi connectivity index (χ1n) is 7.01. The first-order chi connectivity index (χ1) is 11.5. The predicted octanol–water partition coefficient (Wildman–Crippen LogP) is 3.37. The molecule has 126 valence electrons. The van der Waals surface area contributed by atoms with Gasteiger partial charge in [-0.15, -0.1) is 0 Å². The molecule has 24 heavy (non-hydrogen) atoms. The molecule has 0 aliphatic rings. The molecular weight excluding hydrogens is 315 g/mol. The van der Waals surface area contributed by atoms with E-state index in [1.54, 1.807) is 12.1 Å². The smallest absolute Gasteiger partial charge is 0.328 e. The molecule has 0 aromatic heterocycles. The molecule has 0 amide bonds. The summed E-state index contributed by atoms with van der Waals surface area (Å²) < 4.78 is 29.0. The van der Waals surface area contributed by atoms with Crippen molar-refractivity contribution in [3.63, 3.8) is 0 Å². The molecule has 1 N–H and O–H groups in total. The van der Waals surface area contributed by atoms with Crippen LogP contribution >= 0.6 is 0 Å². The van der Waals surface area contributed by atoms with E-state index in [9.17, 15) is 14.3 Å². The fourth-order valence-corrected chi connectivity index (χ4v) is 2.32. The highest BCUT2D eigenvalue weighted by Crippen LogP contribution is 2.41. The van der Waals surface area contributed by atoms with Gasteiger partial charge in [0.25, 0.3) is 0 Å². The summed E-state index contributed by atoms with van der Waals surface area (Å²) in [5.74, 6) is -0.338. The lowest BCUT2D eigenvalue weighted by molar-refractivity contribution is -0.131. The molecule has 0 fully saturated rings. The molecule has 0 atom stereocenters. The van der Waals surface area contributed by atoms with Crippen LogP contribution in [0, 0.1) is 5.82 Å². The van der Waals surface area contributed by atoms with E-state index in [4.69, 9.17) is 14.2 Å². The highest BCUT2D eigenvalue weighted by Gasteiger charge is 2.17. The van der Waals surface area contributed by atoms with E-state index in [2.05, 4.69) is 0 Å². The Bertz CT molecular complexity index is 740. The maximum Gasteiger partial charge on any atom is 0.328 e. The van der Waals surface area contributed by atoms with Crippen LogP contribution in [0.2, 0.25) is 0 Å². The van der Waals surface area contributed by atoms with E-state index in [-0.39, 0.29) is 0 Å². The monoisotopic (exact) mass is 332 g/mol. The SMILES string of the molecule is COc1cc(C(=CC(=O)O)c2ccc(F)cc2)cc(OC)c1OC. The zero-order chi connectivity index (χ0) is 17.7. The first kappa shape index (κ1) is 17.3. The number of hydrogen-bond donors (Lipinski definition) is 1. The first-order valence-corrected chi connectivity index (χ1v) is 7.01. The van der Waals surface area contributed by atoms with Crippen LogP contribution in [0.3, 0.4) is 0 Å². The van der Waals surface area contributed by atoms with E-state index in [0.29, 0.717) is 33.9 Å². The van der Waals surface area contributed by atoms with Gasteiger partial charge in [-0.05, 0) is 41.0 Å². The summed E-state index contributed by atoms with van der Waals surface area (Å²) in [6.45, 7) is 0. The second-order valence-corrected chi connectivity index (χ2v) is 4.82. The van der Waals surface area contributed by atoms with Gasteiger partial charge in [-0.1, -0.05) is 12.1 Å². The van der Waals surface area contributed by atoms with Crippen LogP contribution in [0.25, 0.3) is 5.57 Å². The zero-order valence-electron chi connectivity index (χ0n) is 13.5. The predicted molar refractivity (Wildman–Crippen MR) is 87.2 cm³/mol. The Labute approximate surface area is 138 Å². The molecule has 0 heterocycles. The van der Waals surface area contributed by atoms with Gasteiger partial charge in [-0.2, -0.15) is 0 Å². The molecule has 0 aliphatic carbocycles. The van der Waals surface area contributed by atoms with Gasteiger partial charge < -0.3 is 19.3 Å². The summed E-state index contributed by atoms with van der Waals surface area (Å²) in [6.07, 6.45) is 1.05. The third kappa shape index (κ3) is 3.65. The maximum atomic E-state index is 13.2. The van der Waals surface area contributed by atoms with E-state index >= 15 is 0 Å². The van der Waals surface area contributed by atoms with E-state index in [1.165, 1.54) is 45.6 Å². The van der Waals surface area contributed by atoms with Crippen LogP contribution in [-0.4, -0.2) is 32.4 Å². The van der Waals surface area contributed by atoms with Crippen LogP contribution in [-0.2, 0) is 4.79 Å². The minimum atomic E-state index is -1.12. The largest absolute Gasteiger partial charge is 0.493 e. The highest BCUT2D eigenvalue weighted by atomic mass is 19.1. The Morgan fingerprint density at radius 2 is 1.50 bits per heavy atom. The Hall–Kier alpha value is -3.02. The Balaban J connectivity index is 2.67. The van der Waals surface area contributed by atoms with Crippen LogP contribution in [0.4, 0.5) is 4.39 Å². The molecule has 2 aromatic carbocycles. The quantitative estimate of drug-likeness (QED) is 0.822. The number of rotatable bonds is 6. The van der Waals surface area contributed by atoms with Crippen molar-refractivity contribution in [1.82, 2.24) is 0 Å². The number of carbonyl (C=O) groups is 1. The topological polar surface area (TPSA) is 65.0 Å². The number of benzene rings is 2. The molecule has 2 rings (SSSR count). The lowest BCUT2D eigenvalue weighted by atomic mass is 9.96. The Morgan fingerprint density at radius 1 is 0.958 bits per heavy atom. The van der Waals surface area contributed by atoms with Crippen molar-refractivity contribution in [2.24, 2.45) is 0 Å². The summed E-state index contributed by atoms with van der Waals surface area (Å²) in [5, 5.41) is 9.18. The van der Waals surface area contributed by atoms with Gasteiger partial charge >= 0.3 is 5.97 Å². The Morgan fingerprint density at radius 3 is 1.92 bits per heavy atom. The lowest BCUT2D eigenvalue weighted by Crippen LogP contribution is -1.99. The fraction of sp³-hybridized carbons (Fsp3) is 0.167. The van der Waals surface area contributed by atoms with Crippen molar-refractivity contribution in [1.29, 1.82) is 0 Å². The molecule has 0 saturated heterocycles. The Kier molecular flexibility index (Phi) is 5.42. The van der Waals surface area contributed by atoms with Crippen molar-refractivity contribution < 1.29 is 28.5 Å². The highest BCUT2D eigenvalue weighted by molar-refractivity contribution is 5.95. The van der Waals surface area contributed by atoms with Crippen molar-refractivity contribution in [2.75, 3.05) is 21.3 Å². The summed E-state index contributed by atoms with van der Waals surface area (Å²) in [5.41, 5.74) is 1.48. The molecule has 0 bridgehead atoms. The molecule has 0 radical (unpaired) electrons. The van der Waals surface area contributed by atoms with Crippen molar-refractivity contribution in [3.05, 3.63) is 59.4 Å². The van der Waals surface area contributed by atoms with Crippen molar-refractivity contribution in [3.8, 4) is 17.2 Å². The van der Waals surface area contributed by atoms with Gasteiger partial charge in [0, 0.05) is 6.08 Å². The van der Waals surface area contributed by atoms with Gasteiger partial charge in [-0.3, -0.25) is 0 Å². The van der Waals surface area contributed by atoms with Crippen molar-refractivity contribution in [2.45, 2.75) is 0 Å². The van der Waals surface area contributed by atoms with E-state index < -0.39 is 11.8 Å². The number of carboxylic acids is 1. The van der Waals surface area contributed by atoms with Gasteiger partial charge in [0.1, 0.15) is 5.82 Å². The second-order valence-electron chi connectivity index (χ2n) is 4.82. The summed E-state index contributed by atoms with van der Waals surface area (Å²) >= 11 is 0. The van der Waals surface area contributed by atoms with Crippen LogP contribution in [0.15, 0.2) is 42.5 Å². The molecule has 0 aliphatic heterocycles. The number of hydrogen-bond acceptors (Lipinski definition) is 4. The maximum absolute atomic E-state index is 13.2. The molecule has 5 nitrogen and oxygen atoms in total. The van der Waals surface area contributed by atoms with E-state index in [0.717, 1.165) is 6.08 Å². The number of aliphatic carboxylic acids is 1. The minimum absolute atomic E-state index is 0.391. The van der Waals surface area contributed by atoms with Crippen LogP contribution < -0.4 is 14.2 Å². The van der Waals surface area contributed by atoms with E-state index in [1.807, 2.05) is 0 Å². The third-order valence-electron chi connectivity index (χ3n) is 3.40. The number of halogens is 1. The molecular formula is C18H17FO5. The second kappa shape index (κ2) is 7.50. The zero-order valence-corrected chi connectivity index (χ0v) is 13.5. The molecule has 0 unspecified atom stereocenters. The van der Waals surface area contributed by atoms with Gasteiger partial charge in [-0.25, -0.2) is 9.18 Å². The van der Waals surface area contributed by atoms with Gasteiger partial charge in [0.2, 0.25) is 5.75 Å². The number of carboxylic acid groups (broad SMARTS) is 1. The summed E-state index contributed by atoms with van der Waals surface area (Å²) in [4.78, 5) is 11.2. The molecule has 6 heteroatoms. The lowest BCUT2D eigenvalue weighted by Gasteiger charge is -2.16. The molecule has 2 aromatic rings. The standard InChI is InChI=1S/C18H17FO5/c1-22-15-8-12(9-16(23-2)18(15)24-3)14(10-17(20)21)11-4-6-13(19)7-5-11/h4-10H,1-3H3,(H,20,21). The average Bonchev–Trinajstić information content (AvgIpc) is 2.59. The fourth-order valence-electron chi connectivity index (χ4n) is 2.32. The number of methoxy groups -OCH3 is 3. The number of ether oxygens (including phenoxy) is 3. The van der Waals surface area contributed by atoms with Crippen LogP contribution in [0.1, 0.15) is 11.1 Å². The minimum Gasteiger partial charge on any atom is -0.493 e. The third-order valence-corrected chi connectivity index (χ3v) is 3.40. The van der Waals surface area contributed by atoms with Gasteiger partial charge in [0.05, 0.1) is 21.3 Å². The van der Waals surface area contributed by atoms with Crippen molar-refractivity contribution >= 4 is 11.5 Å². The molecule has 0 saturated carbocycles.